The Balaban J connectivity index is 1.26. The molecule has 8 rings (SSSR count). The average molecular weight is 591 g/mol. The Kier molecular flexibility index (Phi) is 6.73. The van der Waals surface area contributed by atoms with E-state index < -0.39 is 0 Å². The Morgan fingerprint density at radius 1 is 0.413 bits per heavy atom. The molecule has 2 heteroatoms. The van der Waals surface area contributed by atoms with Crippen molar-refractivity contribution in [3.05, 3.63) is 157 Å². The molecule has 0 atom stereocenters. The Morgan fingerprint density at radius 2 is 0.913 bits per heavy atom. The molecule has 2 heterocycles. The van der Waals surface area contributed by atoms with E-state index >= 15 is 0 Å². The highest BCUT2D eigenvalue weighted by molar-refractivity contribution is 6.21. The van der Waals surface area contributed by atoms with Gasteiger partial charge in [-0.2, -0.15) is 0 Å². The maximum Gasteiger partial charge on any atom is 0.0893 e. The van der Waals surface area contributed by atoms with E-state index in [0.717, 1.165) is 22.6 Å². The lowest BCUT2D eigenvalue weighted by atomic mass is 9.83. The van der Waals surface area contributed by atoms with Crippen LogP contribution in [0.3, 0.4) is 0 Å². The van der Waals surface area contributed by atoms with E-state index in [0.29, 0.717) is 0 Å². The predicted octanol–water partition coefficient (Wildman–Crippen LogP) is 11.9. The van der Waals surface area contributed by atoms with Crippen LogP contribution in [-0.2, 0) is 5.41 Å². The van der Waals surface area contributed by atoms with Crippen LogP contribution in [-0.4, -0.2) is 9.97 Å². The van der Waals surface area contributed by atoms with Gasteiger partial charge in [-0.1, -0.05) is 130 Å². The zero-order chi connectivity index (χ0) is 31.3. The fourth-order valence-electron chi connectivity index (χ4n) is 6.70. The van der Waals surface area contributed by atoms with Crippen LogP contribution in [0.1, 0.15) is 26.3 Å². The first kappa shape index (κ1) is 27.9. The van der Waals surface area contributed by atoms with E-state index in [1.165, 1.54) is 60.1 Å². The lowest BCUT2D eigenvalue weighted by molar-refractivity contribution is 0.590. The number of nitrogens with zero attached hydrogens (tertiary/aromatic N) is 2. The van der Waals surface area contributed by atoms with Crippen molar-refractivity contribution in [2.75, 3.05) is 0 Å². The van der Waals surface area contributed by atoms with Gasteiger partial charge < -0.3 is 0 Å². The average Bonchev–Trinajstić information content (AvgIpc) is 3.10. The summed E-state index contributed by atoms with van der Waals surface area (Å²) in [6, 6.07) is 52.5. The van der Waals surface area contributed by atoms with Gasteiger partial charge in [0.15, 0.2) is 0 Å². The first-order valence-corrected chi connectivity index (χ1v) is 15.9. The number of pyridine rings is 2. The van der Waals surface area contributed by atoms with E-state index in [1.54, 1.807) is 0 Å². The second-order valence-corrected chi connectivity index (χ2v) is 13.1. The first-order chi connectivity index (χ1) is 22.4. The maximum atomic E-state index is 4.94. The lowest BCUT2D eigenvalue weighted by Crippen LogP contribution is -2.10. The van der Waals surface area contributed by atoms with E-state index in [9.17, 15) is 0 Å². The van der Waals surface area contributed by atoms with Gasteiger partial charge in [0.2, 0.25) is 0 Å². The molecule has 0 aliphatic carbocycles. The number of rotatable bonds is 4. The molecule has 0 aliphatic heterocycles. The van der Waals surface area contributed by atoms with Gasteiger partial charge in [0, 0.05) is 11.8 Å². The minimum atomic E-state index is 0.115. The molecule has 46 heavy (non-hydrogen) atoms. The van der Waals surface area contributed by atoms with Crippen molar-refractivity contribution in [2.24, 2.45) is 0 Å². The molecule has 220 valence electrons. The van der Waals surface area contributed by atoms with Gasteiger partial charge in [0.1, 0.15) is 0 Å². The molecule has 0 bridgehead atoms. The van der Waals surface area contributed by atoms with Crippen molar-refractivity contribution >= 4 is 32.3 Å². The molecule has 0 spiro atoms. The van der Waals surface area contributed by atoms with E-state index in [2.05, 4.69) is 147 Å². The van der Waals surface area contributed by atoms with Crippen molar-refractivity contribution in [3.8, 4) is 44.9 Å². The lowest BCUT2D eigenvalue weighted by Gasteiger charge is -2.21. The number of hydrogen-bond donors (Lipinski definition) is 0. The molecule has 0 saturated carbocycles. The van der Waals surface area contributed by atoms with Crippen LogP contribution in [0.15, 0.2) is 152 Å². The van der Waals surface area contributed by atoms with E-state index in [-0.39, 0.29) is 5.41 Å². The van der Waals surface area contributed by atoms with Crippen LogP contribution < -0.4 is 0 Å². The second kappa shape index (κ2) is 11.1. The summed E-state index contributed by atoms with van der Waals surface area (Å²) in [6.07, 6.45) is 1.81. The molecule has 0 radical (unpaired) electrons. The summed E-state index contributed by atoms with van der Waals surface area (Å²) < 4.78 is 0. The van der Waals surface area contributed by atoms with Gasteiger partial charge in [-0.15, -0.1) is 0 Å². The van der Waals surface area contributed by atoms with Gasteiger partial charge in [0.05, 0.1) is 17.1 Å². The highest BCUT2D eigenvalue weighted by Crippen LogP contribution is 2.44. The SMILES string of the molecule is CC(C)(C)c1ccc(-c2c3ccccc3c(-c3ccc4cc(-c5cccc(-c6ccccn6)n5)ccc4c3)c3ccccc23)cc1. The van der Waals surface area contributed by atoms with Crippen molar-refractivity contribution in [2.45, 2.75) is 26.2 Å². The Morgan fingerprint density at radius 3 is 1.50 bits per heavy atom. The third-order valence-corrected chi connectivity index (χ3v) is 9.07. The Hall–Kier alpha value is -5.60. The van der Waals surface area contributed by atoms with Crippen molar-refractivity contribution in [1.82, 2.24) is 9.97 Å². The molecule has 0 N–H and O–H groups in total. The molecule has 0 saturated heterocycles. The minimum absolute atomic E-state index is 0.115. The highest BCUT2D eigenvalue weighted by Gasteiger charge is 2.18. The number of benzene rings is 6. The third kappa shape index (κ3) is 4.93. The Bertz CT molecular complexity index is 2320. The van der Waals surface area contributed by atoms with Crippen LogP contribution in [0.5, 0.6) is 0 Å². The van der Waals surface area contributed by atoms with Crippen LogP contribution in [0.2, 0.25) is 0 Å². The third-order valence-electron chi connectivity index (χ3n) is 9.07. The number of aromatic nitrogens is 2. The standard InChI is InChI=1S/C44H34N2/c1-44(2,3)34-24-22-29(23-25-34)42-35-11-4-6-13-37(35)43(38-14-7-5-12-36(38)42)33-21-19-30-27-32(20-18-31(30)28-33)39-16-10-17-41(46-39)40-15-8-9-26-45-40/h4-28H,1-3H3. The van der Waals surface area contributed by atoms with Crippen LogP contribution in [0, 0.1) is 0 Å². The van der Waals surface area contributed by atoms with E-state index in [1.807, 2.05) is 30.5 Å². The van der Waals surface area contributed by atoms with Gasteiger partial charge in [-0.05, 0) is 102 Å². The Labute approximate surface area is 270 Å². The van der Waals surface area contributed by atoms with Gasteiger partial charge >= 0.3 is 0 Å². The summed E-state index contributed by atoms with van der Waals surface area (Å²) in [7, 11) is 0. The first-order valence-electron chi connectivity index (χ1n) is 15.9. The molecule has 2 aromatic heterocycles. The van der Waals surface area contributed by atoms with Crippen LogP contribution in [0.25, 0.3) is 77.2 Å². The van der Waals surface area contributed by atoms with Crippen molar-refractivity contribution in [1.29, 1.82) is 0 Å². The zero-order valence-corrected chi connectivity index (χ0v) is 26.3. The van der Waals surface area contributed by atoms with Gasteiger partial charge in [-0.3, -0.25) is 4.98 Å². The smallest absolute Gasteiger partial charge is 0.0893 e. The normalized spacial score (nSPS) is 11.8. The highest BCUT2D eigenvalue weighted by atomic mass is 14.8. The number of fused-ring (bicyclic) bond motifs is 3. The van der Waals surface area contributed by atoms with Gasteiger partial charge in [-0.25, -0.2) is 4.98 Å². The summed E-state index contributed by atoms with van der Waals surface area (Å²) in [5, 5.41) is 7.47. The second-order valence-electron chi connectivity index (χ2n) is 13.1. The monoisotopic (exact) mass is 590 g/mol. The molecule has 0 aliphatic rings. The van der Waals surface area contributed by atoms with E-state index in [4.69, 9.17) is 4.98 Å². The molecule has 8 aromatic rings. The summed E-state index contributed by atoms with van der Waals surface area (Å²) in [4.78, 5) is 9.43. The fourth-order valence-corrected chi connectivity index (χ4v) is 6.70. The van der Waals surface area contributed by atoms with Crippen LogP contribution in [0.4, 0.5) is 0 Å². The zero-order valence-electron chi connectivity index (χ0n) is 26.3. The molecular weight excluding hydrogens is 556 g/mol. The summed E-state index contributed by atoms with van der Waals surface area (Å²) in [5.41, 5.74) is 10.3. The number of hydrogen-bond acceptors (Lipinski definition) is 2. The summed E-state index contributed by atoms with van der Waals surface area (Å²) >= 11 is 0. The quantitative estimate of drug-likeness (QED) is 0.191. The molecule has 6 aromatic carbocycles. The topological polar surface area (TPSA) is 25.8 Å². The minimum Gasteiger partial charge on any atom is -0.255 e. The molecule has 0 unspecified atom stereocenters. The molecule has 2 nitrogen and oxygen atoms in total. The van der Waals surface area contributed by atoms with Crippen molar-refractivity contribution < 1.29 is 0 Å². The summed E-state index contributed by atoms with van der Waals surface area (Å²) in [5.74, 6) is 0. The fraction of sp³-hybridized carbons (Fsp3) is 0.0909. The van der Waals surface area contributed by atoms with Crippen molar-refractivity contribution in [3.63, 3.8) is 0 Å². The molecular formula is C44H34N2. The molecule has 0 amide bonds. The predicted molar refractivity (Wildman–Crippen MR) is 195 cm³/mol. The van der Waals surface area contributed by atoms with Crippen LogP contribution >= 0.6 is 0 Å². The maximum absolute atomic E-state index is 4.94. The largest absolute Gasteiger partial charge is 0.255 e. The molecule has 0 fully saturated rings. The summed E-state index contributed by atoms with van der Waals surface area (Å²) in [6.45, 7) is 6.80. The van der Waals surface area contributed by atoms with Gasteiger partial charge in [0.25, 0.3) is 0 Å².